The fourth-order valence-electron chi connectivity index (χ4n) is 2.54. The first-order valence-corrected chi connectivity index (χ1v) is 8.17. The molecule has 0 aliphatic carbocycles. The summed E-state index contributed by atoms with van der Waals surface area (Å²) in [7, 11) is 1.57. The van der Waals surface area contributed by atoms with E-state index in [0.717, 1.165) is 27.9 Å². The van der Waals surface area contributed by atoms with Crippen LogP contribution in [0.1, 0.15) is 22.3 Å². The Bertz CT molecular complexity index is 785. The molecule has 2 aromatic rings. The van der Waals surface area contributed by atoms with E-state index in [4.69, 9.17) is 4.74 Å². The Balaban J connectivity index is 1.90. The van der Waals surface area contributed by atoms with Crippen molar-refractivity contribution >= 4 is 17.5 Å². The standard InChI is InChI=1S/C20H24N2O3/c1-13-8-9-18(25-4)16(10-13)11-19(23)21-12-20(24)22-17-7-5-6-14(2)15(17)3/h5-10H,11-12H2,1-4H3,(H,21,23)(H,22,24). The van der Waals surface area contributed by atoms with Gasteiger partial charge < -0.3 is 15.4 Å². The van der Waals surface area contributed by atoms with Gasteiger partial charge in [-0.2, -0.15) is 0 Å². The molecule has 0 radical (unpaired) electrons. The number of benzene rings is 2. The summed E-state index contributed by atoms with van der Waals surface area (Å²) in [4.78, 5) is 24.2. The minimum Gasteiger partial charge on any atom is -0.496 e. The van der Waals surface area contributed by atoms with Gasteiger partial charge in [-0.3, -0.25) is 9.59 Å². The fourth-order valence-corrected chi connectivity index (χ4v) is 2.54. The fraction of sp³-hybridized carbons (Fsp3) is 0.300. The summed E-state index contributed by atoms with van der Waals surface area (Å²) in [5.41, 5.74) is 4.74. The molecule has 132 valence electrons. The zero-order valence-electron chi connectivity index (χ0n) is 15.1. The summed E-state index contributed by atoms with van der Waals surface area (Å²) < 4.78 is 5.27. The molecular formula is C20H24N2O3. The molecule has 0 saturated carbocycles. The molecule has 0 fully saturated rings. The monoisotopic (exact) mass is 340 g/mol. The second-order valence-corrected chi connectivity index (χ2v) is 6.06. The lowest BCUT2D eigenvalue weighted by Gasteiger charge is -2.12. The Labute approximate surface area is 148 Å². The highest BCUT2D eigenvalue weighted by molar-refractivity contribution is 5.95. The van der Waals surface area contributed by atoms with Crippen LogP contribution in [-0.2, 0) is 16.0 Å². The summed E-state index contributed by atoms with van der Waals surface area (Å²) >= 11 is 0. The van der Waals surface area contributed by atoms with Gasteiger partial charge in [0.2, 0.25) is 11.8 Å². The molecule has 5 heteroatoms. The average Bonchev–Trinajstić information content (AvgIpc) is 2.57. The number of carbonyl (C=O) groups is 2. The van der Waals surface area contributed by atoms with E-state index in [2.05, 4.69) is 10.6 Å². The number of nitrogens with one attached hydrogen (secondary N) is 2. The van der Waals surface area contributed by atoms with Crippen molar-refractivity contribution in [2.75, 3.05) is 19.0 Å². The second-order valence-electron chi connectivity index (χ2n) is 6.06. The molecule has 0 aliphatic rings. The van der Waals surface area contributed by atoms with Crippen molar-refractivity contribution in [3.63, 3.8) is 0 Å². The van der Waals surface area contributed by atoms with Gasteiger partial charge in [0.05, 0.1) is 20.1 Å². The Kier molecular flexibility index (Phi) is 6.17. The van der Waals surface area contributed by atoms with E-state index < -0.39 is 0 Å². The molecule has 0 spiro atoms. The number of ether oxygens (including phenoxy) is 1. The highest BCUT2D eigenvalue weighted by Gasteiger charge is 2.11. The molecule has 5 nitrogen and oxygen atoms in total. The van der Waals surface area contributed by atoms with Crippen LogP contribution in [-0.4, -0.2) is 25.5 Å². The number of carbonyl (C=O) groups excluding carboxylic acids is 2. The van der Waals surface area contributed by atoms with Gasteiger partial charge >= 0.3 is 0 Å². The van der Waals surface area contributed by atoms with Crippen LogP contribution in [0.4, 0.5) is 5.69 Å². The number of hydrogen-bond donors (Lipinski definition) is 2. The Morgan fingerprint density at radius 2 is 1.80 bits per heavy atom. The van der Waals surface area contributed by atoms with Gasteiger partial charge in [-0.1, -0.05) is 29.8 Å². The summed E-state index contributed by atoms with van der Waals surface area (Å²) in [5.74, 6) is 0.193. The molecular weight excluding hydrogens is 316 g/mol. The first-order valence-electron chi connectivity index (χ1n) is 8.17. The SMILES string of the molecule is COc1ccc(C)cc1CC(=O)NCC(=O)Nc1cccc(C)c1C. The van der Waals surface area contributed by atoms with Crippen molar-refractivity contribution in [2.45, 2.75) is 27.2 Å². The normalized spacial score (nSPS) is 10.2. The highest BCUT2D eigenvalue weighted by Crippen LogP contribution is 2.20. The number of methoxy groups -OCH3 is 1. The van der Waals surface area contributed by atoms with Gasteiger partial charge in [-0.05, 0) is 44.0 Å². The Morgan fingerprint density at radius 1 is 1.04 bits per heavy atom. The smallest absolute Gasteiger partial charge is 0.243 e. The third kappa shape index (κ3) is 5.08. The third-order valence-corrected chi connectivity index (χ3v) is 4.11. The van der Waals surface area contributed by atoms with Crippen LogP contribution in [0.2, 0.25) is 0 Å². The van der Waals surface area contributed by atoms with Crippen LogP contribution in [0.15, 0.2) is 36.4 Å². The molecule has 0 unspecified atom stereocenters. The summed E-state index contributed by atoms with van der Waals surface area (Å²) in [5, 5.41) is 5.47. The van der Waals surface area contributed by atoms with Crippen LogP contribution in [0.5, 0.6) is 5.75 Å². The first-order chi connectivity index (χ1) is 11.9. The zero-order valence-corrected chi connectivity index (χ0v) is 15.1. The molecule has 0 aliphatic heterocycles. The topological polar surface area (TPSA) is 67.4 Å². The molecule has 0 bridgehead atoms. The summed E-state index contributed by atoms with van der Waals surface area (Å²) in [6.45, 7) is 5.83. The maximum absolute atomic E-state index is 12.1. The van der Waals surface area contributed by atoms with Gasteiger partial charge in [-0.15, -0.1) is 0 Å². The van der Waals surface area contributed by atoms with Crippen LogP contribution >= 0.6 is 0 Å². The van der Waals surface area contributed by atoms with Gasteiger partial charge in [0.15, 0.2) is 0 Å². The maximum atomic E-state index is 12.1. The summed E-state index contributed by atoms with van der Waals surface area (Å²) in [6.07, 6.45) is 0.168. The van der Waals surface area contributed by atoms with E-state index in [9.17, 15) is 9.59 Å². The minimum atomic E-state index is -0.252. The molecule has 0 atom stereocenters. The minimum absolute atomic E-state index is 0.0691. The van der Waals surface area contributed by atoms with E-state index in [1.165, 1.54) is 0 Å². The van der Waals surface area contributed by atoms with Gasteiger partial charge in [0.25, 0.3) is 0 Å². The third-order valence-electron chi connectivity index (χ3n) is 4.11. The Morgan fingerprint density at radius 3 is 2.52 bits per heavy atom. The molecule has 0 heterocycles. The predicted octanol–water partition coefficient (Wildman–Crippen LogP) is 2.92. The van der Waals surface area contributed by atoms with E-state index in [1.807, 2.05) is 57.2 Å². The van der Waals surface area contributed by atoms with Gasteiger partial charge in [0.1, 0.15) is 5.75 Å². The lowest BCUT2D eigenvalue weighted by atomic mass is 10.1. The number of aryl methyl sites for hydroxylation is 2. The van der Waals surface area contributed by atoms with Gasteiger partial charge in [0, 0.05) is 11.3 Å². The molecule has 2 N–H and O–H groups in total. The summed E-state index contributed by atoms with van der Waals surface area (Å²) in [6, 6.07) is 11.4. The van der Waals surface area contributed by atoms with E-state index in [1.54, 1.807) is 7.11 Å². The first kappa shape index (κ1) is 18.5. The molecule has 2 aromatic carbocycles. The number of anilines is 1. The lowest BCUT2D eigenvalue weighted by molar-refractivity contribution is -0.123. The average molecular weight is 340 g/mol. The highest BCUT2D eigenvalue weighted by atomic mass is 16.5. The maximum Gasteiger partial charge on any atom is 0.243 e. The van der Waals surface area contributed by atoms with Crippen LogP contribution in [0.25, 0.3) is 0 Å². The number of rotatable bonds is 6. The largest absolute Gasteiger partial charge is 0.496 e. The number of hydrogen-bond acceptors (Lipinski definition) is 3. The Hall–Kier alpha value is -2.82. The quantitative estimate of drug-likeness (QED) is 0.850. The van der Waals surface area contributed by atoms with Crippen molar-refractivity contribution in [3.05, 3.63) is 58.7 Å². The number of amides is 2. The van der Waals surface area contributed by atoms with E-state index in [0.29, 0.717) is 5.75 Å². The van der Waals surface area contributed by atoms with E-state index in [-0.39, 0.29) is 24.8 Å². The molecule has 25 heavy (non-hydrogen) atoms. The predicted molar refractivity (Wildman–Crippen MR) is 99.0 cm³/mol. The van der Waals surface area contributed by atoms with Crippen molar-refractivity contribution in [1.29, 1.82) is 0 Å². The molecule has 0 saturated heterocycles. The van der Waals surface area contributed by atoms with E-state index >= 15 is 0 Å². The van der Waals surface area contributed by atoms with Crippen molar-refractivity contribution in [2.24, 2.45) is 0 Å². The van der Waals surface area contributed by atoms with Crippen LogP contribution in [0.3, 0.4) is 0 Å². The second kappa shape index (κ2) is 8.33. The molecule has 2 amide bonds. The van der Waals surface area contributed by atoms with Crippen molar-refractivity contribution in [1.82, 2.24) is 5.32 Å². The van der Waals surface area contributed by atoms with Gasteiger partial charge in [-0.25, -0.2) is 0 Å². The lowest BCUT2D eigenvalue weighted by Crippen LogP contribution is -2.34. The van der Waals surface area contributed by atoms with Crippen LogP contribution < -0.4 is 15.4 Å². The molecule has 0 aromatic heterocycles. The molecule has 2 rings (SSSR count). The zero-order chi connectivity index (χ0) is 18.4. The van der Waals surface area contributed by atoms with Crippen LogP contribution in [0, 0.1) is 20.8 Å². The van der Waals surface area contributed by atoms with Crippen molar-refractivity contribution in [3.8, 4) is 5.75 Å². The van der Waals surface area contributed by atoms with Crippen molar-refractivity contribution < 1.29 is 14.3 Å².